The van der Waals surface area contributed by atoms with Gasteiger partial charge in [-0.05, 0) is 18.6 Å². The lowest BCUT2D eigenvalue weighted by Crippen LogP contribution is -2.38. The van der Waals surface area contributed by atoms with Crippen LogP contribution in [0.1, 0.15) is 28.7 Å². The number of halogens is 1. The number of anilines is 1. The fourth-order valence-electron chi connectivity index (χ4n) is 2.81. The molecule has 3 amide bonds. The number of aromatic nitrogens is 2. The zero-order valence-electron chi connectivity index (χ0n) is 15.3. The SMILES string of the molecule is CCc1nnc(N2CC(C(=O)NCCNC(=O)c3ccccc3Cl)CC2=O)s1. The van der Waals surface area contributed by atoms with E-state index in [1.165, 1.54) is 16.2 Å². The molecule has 0 saturated carbocycles. The summed E-state index contributed by atoms with van der Waals surface area (Å²) in [6.07, 6.45) is 0.891. The second kappa shape index (κ2) is 9.11. The van der Waals surface area contributed by atoms with Crippen LogP contribution in [0.2, 0.25) is 5.02 Å². The highest BCUT2D eigenvalue weighted by Crippen LogP contribution is 2.28. The molecule has 1 aromatic carbocycles. The molecule has 10 heteroatoms. The summed E-state index contributed by atoms with van der Waals surface area (Å²) in [6, 6.07) is 6.75. The quantitative estimate of drug-likeness (QED) is 0.661. The molecule has 1 saturated heterocycles. The van der Waals surface area contributed by atoms with Gasteiger partial charge in [-0.15, -0.1) is 10.2 Å². The van der Waals surface area contributed by atoms with Crippen molar-refractivity contribution in [3.63, 3.8) is 0 Å². The molecule has 2 heterocycles. The third kappa shape index (κ3) is 4.66. The van der Waals surface area contributed by atoms with Crippen LogP contribution in [0.3, 0.4) is 0 Å². The van der Waals surface area contributed by atoms with E-state index in [-0.39, 0.29) is 43.8 Å². The Morgan fingerprint density at radius 3 is 2.71 bits per heavy atom. The minimum Gasteiger partial charge on any atom is -0.354 e. The monoisotopic (exact) mass is 421 g/mol. The highest BCUT2D eigenvalue weighted by atomic mass is 35.5. The Morgan fingerprint density at radius 2 is 2.00 bits per heavy atom. The zero-order valence-corrected chi connectivity index (χ0v) is 16.8. The summed E-state index contributed by atoms with van der Waals surface area (Å²) in [5.41, 5.74) is 0.385. The largest absolute Gasteiger partial charge is 0.354 e. The topological polar surface area (TPSA) is 104 Å². The van der Waals surface area contributed by atoms with Crippen molar-refractivity contribution in [3.05, 3.63) is 39.9 Å². The molecule has 1 aliphatic heterocycles. The summed E-state index contributed by atoms with van der Waals surface area (Å²) >= 11 is 7.35. The van der Waals surface area contributed by atoms with E-state index in [2.05, 4.69) is 20.8 Å². The van der Waals surface area contributed by atoms with Gasteiger partial charge < -0.3 is 10.6 Å². The zero-order chi connectivity index (χ0) is 20.1. The van der Waals surface area contributed by atoms with E-state index in [1.54, 1.807) is 24.3 Å². The maximum atomic E-state index is 12.3. The van der Waals surface area contributed by atoms with Gasteiger partial charge in [-0.3, -0.25) is 19.3 Å². The van der Waals surface area contributed by atoms with Crippen LogP contribution in [-0.2, 0) is 16.0 Å². The van der Waals surface area contributed by atoms with Crippen LogP contribution in [0.25, 0.3) is 0 Å². The van der Waals surface area contributed by atoms with Crippen LogP contribution in [0.5, 0.6) is 0 Å². The molecule has 1 aliphatic rings. The highest BCUT2D eigenvalue weighted by Gasteiger charge is 2.36. The fourth-order valence-corrected chi connectivity index (χ4v) is 3.84. The lowest BCUT2D eigenvalue weighted by Gasteiger charge is -2.13. The molecule has 0 aliphatic carbocycles. The molecule has 0 radical (unpaired) electrons. The van der Waals surface area contributed by atoms with Crippen molar-refractivity contribution in [2.24, 2.45) is 5.92 Å². The van der Waals surface area contributed by atoms with E-state index in [1.807, 2.05) is 6.92 Å². The van der Waals surface area contributed by atoms with Gasteiger partial charge in [0.05, 0.1) is 16.5 Å². The van der Waals surface area contributed by atoms with E-state index in [4.69, 9.17) is 11.6 Å². The van der Waals surface area contributed by atoms with Gasteiger partial charge in [0.2, 0.25) is 16.9 Å². The first-order chi connectivity index (χ1) is 13.5. The van der Waals surface area contributed by atoms with Crippen molar-refractivity contribution < 1.29 is 14.4 Å². The van der Waals surface area contributed by atoms with Gasteiger partial charge in [0, 0.05) is 26.1 Å². The number of nitrogens with one attached hydrogen (secondary N) is 2. The Balaban J connectivity index is 1.45. The van der Waals surface area contributed by atoms with Crippen LogP contribution >= 0.6 is 22.9 Å². The molecular formula is C18H20ClN5O3S. The lowest BCUT2D eigenvalue weighted by atomic mass is 10.1. The van der Waals surface area contributed by atoms with Gasteiger partial charge in [-0.2, -0.15) is 0 Å². The van der Waals surface area contributed by atoms with Crippen molar-refractivity contribution in [2.75, 3.05) is 24.5 Å². The molecule has 3 rings (SSSR count). The molecule has 0 spiro atoms. The first-order valence-corrected chi connectivity index (χ1v) is 10.1. The van der Waals surface area contributed by atoms with Crippen molar-refractivity contribution >= 4 is 45.8 Å². The minimum atomic E-state index is -0.444. The molecule has 2 aromatic rings. The normalized spacial score (nSPS) is 16.3. The Kier molecular flexibility index (Phi) is 6.58. The Bertz CT molecular complexity index is 888. The molecule has 2 N–H and O–H groups in total. The van der Waals surface area contributed by atoms with E-state index >= 15 is 0 Å². The highest BCUT2D eigenvalue weighted by molar-refractivity contribution is 7.15. The Morgan fingerprint density at radius 1 is 1.25 bits per heavy atom. The number of carbonyl (C=O) groups is 3. The second-order valence-electron chi connectivity index (χ2n) is 6.26. The number of nitrogens with zero attached hydrogens (tertiary/aromatic N) is 3. The second-order valence-corrected chi connectivity index (χ2v) is 7.71. The van der Waals surface area contributed by atoms with Crippen LogP contribution in [0.4, 0.5) is 5.13 Å². The van der Waals surface area contributed by atoms with Crippen molar-refractivity contribution in [2.45, 2.75) is 19.8 Å². The lowest BCUT2D eigenvalue weighted by molar-refractivity contribution is -0.126. The van der Waals surface area contributed by atoms with Crippen molar-refractivity contribution in [1.29, 1.82) is 0 Å². The van der Waals surface area contributed by atoms with E-state index in [9.17, 15) is 14.4 Å². The summed E-state index contributed by atoms with van der Waals surface area (Å²) in [5, 5.41) is 15.3. The number of benzene rings is 1. The predicted molar refractivity (Wildman–Crippen MR) is 107 cm³/mol. The van der Waals surface area contributed by atoms with E-state index in [0.717, 1.165) is 11.4 Å². The first-order valence-electron chi connectivity index (χ1n) is 8.92. The van der Waals surface area contributed by atoms with Gasteiger partial charge in [-0.1, -0.05) is 42.0 Å². The maximum absolute atomic E-state index is 12.3. The molecule has 1 unspecified atom stereocenters. The molecular weight excluding hydrogens is 402 g/mol. The molecule has 8 nitrogen and oxygen atoms in total. The Labute approximate surface area is 171 Å². The average Bonchev–Trinajstić information content (AvgIpc) is 3.31. The van der Waals surface area contributed by atoms with Gasteiger partial charge in [0.1, 0.15) is 5.01 Å². The molecule has 1 fully saturated rings. The van der Waals surface area contributed by atoms with E-state index in [0.29, 0.717) is 15.7 Å². The van der Waals surface area contributed by atoms with Gasteiger partial charge in [0.25, 0.3) is 5.91 Å². The third-order valence-corrected chi connectivity index (χ3v) is 5.73. The molecule has 28 heavy (non-hydrogen) atoms. The summed E-state index contributed by atoms with van der Waals surface area (Å²) in [5.74, 6) is -1.10. The maximum Gasteiger partial charge on any atom is 0.252 e. The molecule has 1 aromatic heterocycles. The standard InChI is InChI=1S/C18H20ClN5O3S/c1-2-14-22-23-18(28-14)24-10-11(9-15(24)25)16(26)20-7-8-21-17(27)12-5-3-4-6-13(12)19/h3-6,11H,2,7-10H2,1H3,(H,20,26)(H,21,27). The van der Waals surface area contributed by atoms with Crippen molar-refractivity contribution in [1.82, 2.24) is 20.8 Å². The smallest absolute Gasteiger partial charge is 0.252 e. The number of hydrogen-bond donors (Lipinski definition) is 2. The van der Waals surface area contributed by atoms with Crippen LogP contribution in [0.15, 0.2) is 24.3 Å². The van der Waals surface area contributed by atoms with Crippen LogP contribution in [0, 0.1) is 5.92 Å². The van der Waals surface area contributed by atoms with Crippen molar-refractivity contribution in [3.8, 4) is 0 Å². The number of carbonyl (C=O) groups excluding carboxylic acids is 3. The Hall–Kier alpha value is -2.52. The number of amides is 3. The van der Waals surface area contributed by atoms with Gasteiger partial charge in [0.15, 0.2) is 0 Å². The third-order valence-electron chi connectivity index (χ3n) is 4.31. The summed E-state index contributed by atoms with van der Waals surface area (Å²) in [6.45, 7) is 2.78. The molecule has 148 valence electrons. The predicted octanol–water partition coefficient (Wildman–Crippen LogP) is 1.65. The van der Waals surface area contributed by atoms with Crippen LogP contribution < -0.4 is 15.5 Å². The number of aryl methyl sites for hydroxylation is 1. The average molecular weight is 422 g/mol. The number of rotatable bonds is 7. The fraction of sp³-hybridized carbons (Fsp3) is 0.389. The summed E-state index contributed by atoms with van der Waals surface area (Å²) in [4.78, 5) is 38.1. The number of hydrogen-bond acceptors (Lipinski definition) is 6. The first kappa shape index (κ1) is 20.2. The summed E-state index contributed by atoms with van der Waals surface area (Å²) in [7, 11) is 0. The van der Waals surface area contributed by atoms with E-state index < -0.39 is 5.92 Å². The van der Waals surface area contributed by atoms with Crippen LogP contribution in [-0.4, -0.2) is 47.6 Å². The summed E-state index contributed by atoms with van der Waals surface area (Å²) < 4.78 is 0. The van der Waals surface area contributed by atoms with Gasteiger partial charge in [-0.25, -0.2) is 0 Å². The van der Waals surface area contributed by atoms with Gasteiger partial charge >= 0.3 is 0 Å². The minimum absolute atomic E-state index is 0.133. The molecule has 1 atom stereocenters. The molecule has 0 bridgehead atoms.